The van der Waals surface area contributed by atoms with Crippen molar-refractivity contribution in [1.82, 2.24) is 20.0 Å². The van der Waals surface area contributed by atoms with E-state index in [1.54, 1.807) is 18.2 Å². The number of anilines is 2. The van der Waals surface area contributed by atoms with Crippen molar-refractivity contribution in [2.45, 2.75) is 81.5 Å². The summed E-state index contributed by atoms with van der Waals surface area (Å²) in [5.41, 5.74) is 5.21. The number of nitrogens with one attached hydrogen (secondary N) is 3. The fourth-order valence-corrected chi connectivity index (χ4v) is 6.28. The maximum atomic E-state index is 14.5. The maximum Gasteiger partial charge on any atom is 0.416 e. The second-order valence-electron chi connectivity index (χ2n) is 15.1. The number of rotatable bonds is 17. The Hall–Kier alpha value is -4.12. The summed E-state index contributed by atoms with van der Waals surface area (Å²) < 4.78 is 43.5. The van der Waals surface area contributed by atoms with Crippen LogP contribution < -0.4 is 16.0 Å². The molecule has 3 N–H and O–H groups in total. The monoisotopic (exact) mass is 779 g/mol. The number of hydrogen-bond donors (Lipinski definition) is 3. The molecule has 1 amide bonds. The average molecular weight is 779 g/mol. The summed E-state index contributed by atoms with van der Waals surface area (Å²) in [7, 11) is 4.03. The minimum Gasteiger partial charge on any atom is -0.383 e. The van der Waals surface area contributed by atoms with Gasteiger partial charge < -0.3 is 25.8 Å². The first-order chi connectivity index (χ1) is 26.5. The molecule has 0 spiro atoms. The van der Waals surface area contributed by atoms with Crippen molar-refractivity contribution in [2.75, 3.05) is 70.5 Å². The summed E-state index contributed by atoms with van der Waals surface area (Å²) >= 11 is 0. The van der Waals surface area contributed by atoms with Gasteiger partial charge in [-0.15, -0.1) is 6.58 Å². The predicted octanol–water partition coefficient (Wildman–Crippen LogP) is 10.4. The second kappa shape index (κ2) is 23.8. The number of aryl methyl sites for hydroxylation is 1. The molecule has 0 radical (unpaired) electrons. The van der Waals surface area contributed by atoms with E-state index in [1.165, 1.54) is 6.07 Å². The van der Waals surface area contributed by atoms with Crippen molar-refractivity contribution in [3.05, 3.63) is 112 Å². The lowest BCUT2D eigenvalue weighted by Gasteiger charge is -2.34. The largest absolute Gasteiger partial charge is 0.416 e. The van der Waals surface area contributed by atoms with Crippen LogP contribution in [0.3, 0.4) is 0 Å². The SMILES string of the molecule is C=CC.C\C=C(C(=O)Nc1cc(NC(=CCC)c2ccc(CN3CCN(CC)CC3)c(C(F)(F)F)c2)ccc1C)/C(NCCN(C)C)=C(/C=C\C(C)C)C(C)C. The smallest absolute Gasteiger partial charge is 0.383 e. The van der Waals surface area contributed by atoms with Crippen molar-refractivity contribution < 1.29 is 18.0 Å². The third-order valence-electron chi connectivity index (χ3n) is 9.44. The van der Waals surface area contributed by atoms with Crippen molar-refractivity contribution in [3.8, 4) is 0 Å². The van der Waals surface area contributed by atoms with Gasteiger partial charge in [0.05, 0.1) is 16.8 Å². The number of piperazine rings is 1. The Morgan fingerprint density at radius 2 is 1.61 bits per heavy atom. The maximum absolute atomic E-state index is 14.5. The molecule has 0 aromatic heterocycles. The molecule has 10 heteroatoms. The molecular formula is C46H69F3N6O. The molecule has 1 aliphatic rings. The van der Waals surface area contributed by atoms with Gasteiger partial charge >= 0.3 is 6.18 Å². The van der Waals surface area contributed by atoms with Gasteiger partial charge in [-0.2, -0.15) is 13.2 Å². The van der Waals surface area contributed by atoms with E-state index in [9.17, 15) is 18.0 Å². The molecule has 0 bridgehead atoms. The molecule has 1 saturated heterocycles. The number of carbonyl (C=O) groups is 1. The zero-order valence-electron chi connectivity index (χ0n) is 36.0. The molecule has 1 heterocycles. The minimum absolute atomic E-state index is 0.163. The van der Waals surface area contributed by atoms with E-state index in [1.807, 2.05) is 72.1 Å². The van der Waals surface area contributed by atoms with E-state index in [2.05, 4.69) is 84.0 Å². The number of halogens is 3. The van der Waals surface area contributed by atoms with Crippen LogP contribution in [0.4, 0.5) is 24.5 Å². The van der Waals surface area contributed by atoms with E-state index in [0.29, 0.717) is 47.1 Å². The van der Waals surface area contributed by atoms with Gasteiger partial charge in [-0.1, -0.05) is 90.1 Å². The van der Waals surface area contributed by atoms with E-state index in [-0.39, 0.29) is 23.9 Å². The van der Waals surface area contributed by atoms with Gasteiger partial charge in [0.25, 0.3) is 5.91 Å². The number of alkyl halides is 3. The molecule has 56 heavy (non-hydrogen) atoms. The van der Waals surface area contributed by atoms with Crippen LogP contribution in [0.15, 0.2) is 90.2 Å². The predicted molar refractivity (Wildman–Crippen MR) is 233 cm³/mol. The van der Waals surface area contributed by atoms with Crippen molar-refractivity contribution in [1.29, 1.82) is 0 Å². The first-order valence-electron chi connectivity index (χ1n) is 20.1. The first kappa shape index (κ1) is 48.0. The minimum atomic E-state index is -4.49. The van der Waals surface area contributed by atoms with Crippen LogP contribution in [0.2, 0.25) is 0 Å². The molecule has 310 valence electrons. The Morgan fingerprint density at radius 1 is 0.964 bits per heavy atom. The molecule has 0 atom stereocenters. The quantitative estimate of drug-likeness (QED) is 0.0845. The van der Waals surface area contributed by atoms with E-state index in [4.69, 9.17) is 0 Å². The molecule has 2 aromatic rings. The zero-order valence-corrected chi connectivity index (χ0v) is 36.0. The molecule has 1 fully saturated rings. The summed E-state index contributed by atoms with van der Waals surface area (Å²) in [6, 6.07) is 10.3. The lowest BCUT2D eigenvalue weighted by atomic mass is 9.94. The van der Waals surface area contributed by atoms with Gasteiger partial charge in [0.1, 0.15) is 0 Å². The number of amides is 1. The molecule has 3 rings (SSSR count). The van der Waals surface area contributed by atoms with Crippen LogP contribution in [0.5, 0.6) is 0 Å². The third-order valence-corrected chi connectivity index (χ3v) is 9.44. The lowest BCUT2D eigenvalue weighted by Crippen LogP contribution is -2.45. The van der Waals surface area contributed by atoms with Crippen LogP contribution in [0.1, 0.15) is 84.1 Å². The number of carbonyl (C=O) groups excluding carboxylic acids is 1. The van der Waals surface area contributed by atoms with Gasteiger partial charge in [0.2, 0.25) is 0 Å². The van der Waals surface area contributed by atoms with Gasteiger partial charge in [0, 0.05) is 62.9 Å². The number of likely N-dealkylation sites (N-methyl/N-ethyl adjacent to an activating group) is 2. The highest BCUT2D eigenvalue weighted by Crippen LogP contribution is 2.35. The number of nitrogens with zero attached hydrogens (tertiary/aromatic N) is 3. The number of hydrogen-bond acceptors (Lipinski definition) is 6. The summed E-state index contributed by atoms with van der Waals surface area (Å²) in [4.78, 5) is 20.6. The standard InChI is InChI=1S/C43H63F3N6O.C3H6/c1-11-14-39(33-17-18-34(38(27-33)43(44,45)46)29-52-25-23-51(13-3)24-26-52)48-35-19-16-32(8)40(28-35)49-42(53)36(12-2)41(47-21-22-50(9)10)37(31(6)7)20-15-30(4)5;1-3-2/h12,14-20,27-28,30-31,47-48H,11,13,21-26,29H2,1-10H3,(H,49,53);3H,1H2,2H3/b20-15-,36-12+,39-14?,41-37+;. The topological polar surface area (TPSA) is 62.9 Å². The molecule has 2 aromatic carbocycles. The highest BCUT2D eigenvalue weighted by Gasteiger charge is 2.34. The highest BCUT2D eigenvalue weighted by molar-refractivity contribution is 6.07. The Kier molecular flexibility index (Phi) is 20.4. The number of allylic oxidation sites excluding steroid dienone is 6. The molecule has 0 aliphatic carbocycles. The fraction of sp³-hybridized carbons (Fsp3) is 0.500. The Labute approximate surface area is 336 Å². The van der Waals surface area contributed by atoms with Crippen LogP contribution in [0, 0.1) is 18.8 Å². The van der Waals surface area contributed by atoms with Crippen molar-refractivity contribution >= 4 is 23.0 Å². The normalized spacial score (nSPS) is 15.2. The summed E-state index contributed by atoms with van der Waals surface area (Å²) in [6.45, 7) is 27.5. The van der Waals surface area contributed by atoms with Gasteiger partial charge in [-0.25, -0.2) is 0 Å². The molecular weight excluding hydrogens is 710 g/mol. The van der Waals surface area contributed by atoms with Gasteiger partial charge in [-0.3, -0.25) is 9.69 Å². The van der Waals surface area contributed by atoms with Crippen LogP contribution in [0.25, 0.3) is 5.70 Å². The second-order valence-corrected chi connectivity index (χ2v) is 15.1. The van der Waals surface area contributed by atoms with Gasteiger partial charge in [-0.05, 0) is 100 Å². The zero-order chi connectivity index (χ0) is 42.0. The Bertz CT molecular complexity index is 1680. The highest BCUT2D eigenvalue weighted by atomic mass is 19.4. The Balaban J connectivity index is 0.00000349. The van der Waals surface area contributed by atoms with E-state index >= 15 is 0 Å². The summed E-state index contributed by atoms with van der Waals surface area (Å²) in [5.74, 6) is 0.266. The third kappa shape index (κ3) is 15.4. The Morgan fingerprint density at radius 3 is 2.14 bits per heavy atom. The van der Waals surface area contributed by atoms with Gasteiger partial charge in [0.15, 0.2) is 0 Å². The van der Waals surface area contributed by atoms with E-state index in [0.717, 1.165) is 56.1 Å². The fourth-order valence-electron chi connectivity index (χ4n) is 6.28. The van der Waals surface area contributed by atoms with E-state index < -0.39 is 11.7 Å². The van der Waals surface area contributed by atoms with Crippen LogP contribution >= 0.6 is 0 Å². The summed E-state index contributed by atoms with van der Waals surface area (Å²) in [6.07, 6.45) is 5.87. The average Bonchev–Trinajstić information content (AvgIpc) is 3.13. The lowest BCUT2D eigenvalue weighted by molar-refractivity contribution is -0.138. The molecule has 0 saturated carbocycles. The van der Waals surface area contributed by atoms with Crippen molar-refractivity contribution in [3.63, 3.8) is 0 Å². The van der Waals surface area contributed by atoms with Crippen molar-refractivity contribution in [2.24, 2.45) is 11.8 Å². The molecule has 0 unspecified atom stereocenters. The summed E-state index contributed by atoms with van der Waals surface area (Å²) in [5, 5.41) is 10.1. The number of benzene rings is 2. The van der Waals surface area contributed by atoms with Crippen LogP contribution in [-0.2, 0) is 17.5 Å². The van der Waals surface area contributed by atoms with Crippen LogP contribution in [-0.4, -0.2) is 80.5 Å². The first-order valence-corrected chi connectivity index (χ1v) is 20.1. The molecule has 1 aliphatic heterocycles. The molecule has 7 nitrogen and oxygen atoms in total.